The smallest absolute Gasteiger partial charge is 0.0267 e. The van der Waals surface area contributed by atoms with Crippen molar-refractivity contribution in [2.75, 3.05) is 13.6 Å². The molecular formula is C17H26N2. The first-order valence-corrected chi connectivity index (χ1v) is 7.85. The second-order valence-electron chi connectivity index (χ2n) is 6.15. The molecule has 0 radical (unpaired) electrons. The minimum Gasteiger partial charge on any atom is -0.318 e. The molecule has 3 rings (SSSR count). The molecular weight excluding hydrogens is 232 g/mol. The number of rotatable bonds is 3. The predicted molar refractivity (Wildman–Crippen MR) is 80.3 cm³/mol. The van der Waals surface area contributed by atoms with Crippen molar-refractivity contribution < 1.29 is 0 Å². The maximum absolute atomic E-state index is 3.40. The second-order valence-corrected chi connectivity index (χ2v) is 6.15. The summed E-state index contributed by atoms with van der Waals surface area (Å²) in [5.41, 5.74) is 3.12. The molecule has 1 atom stereocenters. The summed E-state index contributed by atoms with van der Waals surface area (Å²) < 4.78 is 0. The third-order valence-electron chi connectivity index (χ3n) is 4.88. The molecule has 1 unspecified atom stereocenters. The molecule has 2 heteroatoms. The summed E-state index contributed by atoms with van der Waals surface area (Å²) in [4.78, 5) is 2.79. The molecule has 19 heavy (non-hydrogen) atoms. The number of nitrogens with zero attached hydrogens (tertiary/aromatic N) is 1. The third-order valence-corrected chi connectivity index (χ3v) is 4.88. The van der Waals surface area contributed by atoms with Crippen LogP contribution in [-0.2, 0) is 13.0 Å². The van der Waals surface area contributed by atoms with Crippen LogP contribution in [0, 0.1) is 0 Å². The van der Waals surface area contributed by atoms with Gasteiger partial charge >= 0.3 is 0 Å². The van der Waals surface area contributed by atoms with Crippen molar-refractivity contribution in [3.05, 3.63) is 35.4 Å². The Morgan fingerprint density at radius 1 is 1.11 bits per heavy atom. The van der Waals surface area contributed by atoms with Crippen molar-refractivity contribution in [2.45, 2.75) is 57.2 Å². The van der Waals surface area contributed by atoms with Gasteiger partial charge in [0.25, 0.3) is 0 Å². The Labute approximate surface area is 117 Å². The number of fused-ring (bicyclic) bond motifs is 1. The van der Waals surface area contributed by atoms with Gasteiger partial charge in [-0.15, -0.1) is 0 Å². The first-order valence-electron chi connectivity index (χ1n) is 7.85. The molecule has 1 saturated carbocycles. The minimum atomic E-state index is 0.683. The largest absolute Gasteiger partial charge is 0.318 e. The van der Waals surface area contributed by atoms with E-state index in [9.17, 15) is 0 Å². The molecule has 104 valence electrons. The quantitative estimate of drug-likeness (QED) is 0.896. The second kappa shape index (κ2) is 6.06. The van der Waals surface area contributed by atoms with E-state index in [1.54, 1.807) is 11.1 Å². The lowest BCUT2D eigenvalue weighted by molar-refractivity contribution is 0.0852. The molecule has 0 spiro atoms. The van der Waals surface area contributed by atoms with E-state index >= 15 is 0 Å². The monoisotopic (exact) mass is 258 g/mol. The molecule has 1 fully saturated rings. The fraction of sp³-hybridized carbons (Fsp3) is 0.647. The van der Waals surface area contributed by atoms with Crippen molar-refractivity contribution in [1.82, 2.24) is 10.2 Å². The molecule has 1 N–H and O–H groups in total. The zero-order valence-corrected chi connectivity index (χ0v) is 12.1. The maximum Gasteiger partial charge on any atom is 0.0267 e. The standard InChI is InChI=1S/C17H26N2/c1-18-12-17-11-14-7-5-6-8-15(14)13-19(17)16-9-3-2-4-10-16/h5-8,16-18H,2-4,9-13H2,1H3. The fourth-order valence-corrected chi connectivity index (χ4v) is 3.87. The molecule has 1 heterocycles. The summed E-state index contributed by atoms with van der Waals surface area (Å²) in [5, 5.41) is 3.40. The molecule has 1 aromatic rings. The van der Waals surface area contributed by atoms with Gasteiger partial charge in [-0.25, -0.2) is 0 Å². The van der Waals surface area contributed by atoms with Crippen LogP contribution < -0.4 is 5.32 Å². The van der Waals surface area contributed by atoms with Crippen LogP contribution in [0.3, 0.4) is 0 Å². The summed E-state index contributed by atoms with van der Waals surface area (Å²) in [6.45, 7) is 2.28. The lowest BCUT2D eigenvalue weighted by Crippen LogP contribution is -2.51. The highest BCUT2D eigenvalue weighted by molar-refractivity contribution is 5.30. The summed E-state index contributed by atoms with van der Waals surface area (Å²) in [6, 6.07) is 10.5. The lowest BCUT2D eigenvalue weighted by atomic mass is 9.88. The van der Waals surface area contributed by atoms with Gasteiger partial charge in [-0.2, -0.15) is 0 Å². The lowest BCUT2D eigenvalue weighted by Gasteiger charge is -2.43. The van der Waals surface area contributed by atoms with Gasteiger partial charge in [0, 0.05) is 25.2 Å². The number of likely N-dealkylation sites (N-methyl/N-ethyl adjacent to an activating group) is 1. The van der Waals surface area contributed by atoms with Crippen LogP contribution in [-0.4, -0.2) is 30.6 Å². The molecule has 0 saturated heterocycles. The summed E-state index contributed by atoms with van der Waals surface area (Å²) in [7, 11) is 2.08. The Morgan fingerprint density at radius 3 is 2.58 bits per heavy atom. The molecule has 0 aromatic heterocycles. The summed E-state index contributed by atoms with van der Waals surface area (Å²) >= 11 is 0. The average Bonchev–Trinajstić information content (AvgIpc) is 2.48. The van der Waals surface area contributed by atoms with Crippen molar-refractivity contribution in [2.24, 2.45) is 0 Å². The van der Waals surface area contributed by atoms with Gasteiger partial charge in [-0.3, -0.25) is 4.90 Å². The van der Waals surface area contributed by atoms with Crippen molar-refractivity contribution in [3.8, 4) is 0 Å². The fourth-order valence-electron chi connectivity index (χ4n) is 3.87. The van der Waals surface area contributed by atoms with Gasteiger partial charge in [0.2, 0.25) is 0 Å². The zero-order valence-electron chi connectivity index (χ0n) is 12.1. The normalized spacial score (nSPS) is 25.2. The highest BCUT2D eigenvalue weighted by Crippen LogP contribution is 2.30. The highest BCUT2D eigenvalue weighted by atomic mass is 15.2. The van der Waals surface area contributed by atoms with Crippen LogP contribution in [0.5, 0.6) is 0 Å². The maximum atomic E-state index is 3.40. The molecule has 1 aliphatic heterocycles. The Morgan fingerprint density at radius 2 is 1.84 bits per heavy atom. The van der Waals surface area contributed by atoms with Gasteiger partial charge in [0.15, 0.2) is 0 Å². The van der Waals surface area contributed by atoms with Crippen LogP contribution in [0.1, 0.15) is 43.2 Å². The number of benzene rings is 1. The van der Waals surface area contributed by atoms with Crippen LogP contribution in [0.2, 0.25) is 0 Å². The van der Waals surface area contributed by atoms with Gasteiger partial charge in [0.05, 0.1) is 0 Å². The van der Waals surface area contributed by atoms with E-state index in [2.05, 4.69) is 41.5 Å². The van der Waals surface area contributed by atoms with E-state index in [-0.39, 0.29) is 0 Å². The summed E-state index contributed by atoms with van der Waals surface area (Å²) in [6.07, 6.45) is 8.32. The van der Waals surface area contributed by atoms with E-state index < -0.39 is 0 Å². The Kier molecular flexibility index (Phi) is 4.19. The minimum absolute atomic E-state index is 0.683. The van der Waals surface area contributed by atoms with E-state index in [0.717, 1.165) is 19.1 Å². The molecule has 1 aromatic carbocycles. The van der Waals surface area contributed by atoms with Crippen LogP contribution in [0.15, 0.2) is 24.3 Å². The Balaban J connectivity index is 1.80. The average molecular weight is 258 g/mol. The summed E-state index contributed by atoms with van der Waals surface area (Å²) in [5.74, 6) is 0. The molecule has 1 aliphatic carbocycles. The predicted octanol–water partition coefficient (Wildman–Crippen LogP) is 2.97. The highest BCUT2D eigenvalue weighted by Gasteiger charge is 2.31. The van der Waals surface area contributed by atoms with Crippen molar-refractivity contribution in [3.63, 3.8) is 0 Å². The van der Waals surface area contributed by atoms with Crippen LogP contribution >= 0.6 is 0 Å². The van der Waals surface area contributed by atoms with Gasteiger partial charge in [0.1, 0.15) is 0 Å². The molecule has 2 nitrogen and oxygen atoms in total. The van der Waals surface area contributed by atoms with Crippen LogP contribution in [0.25, 0.3) is 0 Å². The van der Waals surface area contributed by atoms with Gasteiger partial charge in [-0.1, -0.05) is 43.5 Å². The van der Waals surface area contributed by atoms with E-state index in [1.165, 1.54) is 38.5 Å². The number of hydrogen-bond donors (Lipinski definition) is 1. The first kappa shape index (κ1) is 13.1. The molecule has 0 bridgehead atoms. The number of nitrogens with one attached hydrogen (secondary N) is 1. The van der Waals surface area contributed by atoms with Crippen molar-refractivity contribution >= 4 is 0 Å². The van der Waals surface area contributed by atoms with Gasteiger partial charge in [-0.05, 0) is 37.4 Å². The van der Waals surface area contributed by atoms with E-state index in [1.807, 2.05) is 0 Å². The van der Waals surface area contributed by atoms with Gasteiger partial charge < -0.3 is 5.32 Å². The first-order chi connectivity index (χ1) is 9.38. The SMILES string of the molecule is CNCC1Cc2ccccc2CN1C1CCCCC1. The van der Waals surface area contributed by atoms with E-state index in [0.29, 0.717) is 6.04 Å². The van der Waals surface area contributed by atoms with Crippen molar-refractivity contribution in [1.29, 1.82) is 0 Å². The van der Waals surface area contributed by atoms with Crippen LogP contribution in [0.4, 0.5) is 0 Å². The molecule has 2 aliphatic rings. The zero-order chi connectivity index (χ0) is 13.1. The topological polar surface area (TPSA) is 15.3 Å². The number of hydrogen-bond acceptors (Lipinski definition) is 2. The Bertz CT molecular complexity index is 409. The molecule has 0 amide bonds. The Hall–Kier alpha value is -0.860. The third kappa shape index (κ3) is 2.85. The van der Waals surface area contributed by atoms with E-state index in [4.69, 9.17) is 0 Å².